The molecule has 2 heterocycles. The van der Waals surface area contributed by atoms with Gasteiger partial charge in [0, 0.05) is 21.9 Å². The van der Waals surface area contributed by atoms with E-state index >= 15 is 0 Å². The molecule has 10 aromatic rings. The summed E-state index contributed by atoms with van der Waals surface area (Å²) in [6.45, 7) is 0.417. The minimum atomic E-state index is -0.540. The summed E-state index contributed by atoms with van der Waals surface area (Å²) < 4.78 is 2.50. The van der Waals surface area contributed by atoms with Gasteiger partial charge in [0.15, 0.2) is 5.84 Å². The summed E-state index contributed by atoms with van der Waals surface area (Å²) in [5.41, 5.74) is 22.8. The number of aliphatic imine (C=N–C) groups is 2. The molecule has 1 spiro atoms. The Kier molecular flexibility index (Phi) is 7.63. The number of rotatable bonds is 5. The molecule has 0 amide bonds. The average Bonchev–Trinajstić information content (AvgIpc) is 3.81. The van der Waals surface area contributed by atoms with Gasteiger partial charge in [-0.2, -0.15) is 0 Å². The molecule has 0 saturated heterocycles. The number of hydrogen-bond donors (Lipinski definition) is 1. The van der Waals surface area contributed by atoms with Crippen molar-refractivity contribution < 1.29 is 0 Å². The van der Waals surface area contributed by atoms with Crippen LogP contribution in [0.4, 0.5) is 0 Å². The van der Waals surface area contributed by atoms with Crippen LogP contribution in [0.5, 0.6) is 0 Å². The fraction of sp³-hybridized carbons (Fsp3) is 0.0357. The molecular weight excluding hydrogens is 729 g/mol. The molecule has 1 atom stereocenters. The van der Waals surface area contributed by atoms with Gasteiger partial charge in [0.2, 0.25) is 0 Å². The van der Waals surface area contributed by atoms with Crippen LogP contribution in [0, 0.1) is 0 Å². The maximum absolute atomic E-state index is 6.63. The van der Waals surface area contributed by atoms with Crippen LogP contribution in [0.2, 0.25) is 0 Å². The molecular formula is C56H38N4. The molecule has 4 nitrogen and oxygen atoms in total. The first kappa shape index (κ1) is 34.2. The van der Waals surface area contributed by atoms with Crippen molar-refractivity contribution in [3.8, 4) is 27.9 Å². The minimum absolute atomic E-state index is 0.417. The Labute approximate surface area is 348 Å². The van der Waals surface area contributed by atoms with Gasteiger partial charge >= 0.3 is 0 Å². The second-order valence-electron chi connectivity index (χ2n) is 15.9. The molecule has 2 N–H and O–H groups in total. The molecule has 12 rings (SSSR count). The largest absolute Gasteiger partial charge is 0.383 e. The molecule has 4 heteroatoms. The topological polar surface area (TPSA) is 55.7 Å². The standard InChI is InChI=1S/C56H38N4/c57-54(36-16-3-1-4-17-36)59-55(37-18-5-2-6-19-37)58-35-41-32-38-20-7-8-21-39(38)33-46(41)40-30-31-43-42-22-9-11-25-47(42)56(50(43)34-40)48-26-12-14-29-52(48)60-51-28-13-10-23-44(51)45-24-15-27-49(56)53(45)60/h1-34H,35H2,(H2,57,58,59). The lowest BCUT2D eigenvalue weighted by Crippen LogP contribution is -2.33. The summed E-state index contributed by atoms with van der Waals surface area (Å²) in [6, 6.07) is 74.3. The van der Waals surface area contributed by atoms with E-state index in [1.54, 1.807) is 0 Å². The molecule has 1 aliphatic carbocycles. The van der Waals surface area contributed by atoms with Gasteiger partial charge in [0.1, 0.15) is 5.84 Å². The second-order valence-corrected chi connectivity index (χ2v) is 15.9. The average molecular weight is 767 g/mol. The zero-order valence-electron chi connectivity index (χ0n) is 32.8. The summed E-state index contributed by atoms with van der Waals surface area (Å²) >= 11 is 0. The minimum Gasteiger partial charge on any atom is -0.383 e. The number of nitrogens with two attached hydrogens (primary N) is 1. The van der Waals surface area contributed by atoms with Gasteiger partial charge in [0.05, 0.1) is 28.7 Å². The lowest BCUT2D eigenvalue weighted by molar-refractivity contribution is 0.749. The number of aromatic nitrogens is 1. The first-order valence-electron chi connectivity index (χ1n) is 20.6. The highest BCUT2D eigenvalue weighted by Gasteiger charge is 2.50. The molecule has 1 aliphatic heterocycles. The van der Waals surface area contributed by atoms with Gasteiger partial charge in [-0.05, 0) is 91.2 Å². The van der Waals surface area contributed by atoms with Crippen molar-refractivity contribution >= 4 is 44.2 Å². The van der Waals surface area contributed by atoms with Crippen molar-refractivity contribution in [2.75, 3.05) is 0 Å². The maximum Gasteiger partial charge on any atom is 0.157 e. The summed E-state index contributed by atoms with van der Waals surface area (Å²) in [4.78, 5) is 10.2. The first-order chi connectivity index (χ1) is 29.7. The van der Waals surface area contributed by atoms with Crippen LogP contribution in [0.15, 0.2) is 216 Å². The maximum atomic E-state index is 6.63. The Morgan fingerprint density at radius 2 is 1.12 bits per heavy atom. The van der Waals surface area contributed by atoms with E-state index in [-0.39, 0.29) is 0 Å². The summed E-state index contributed by atoms with van der Waals surface area (Å²) in [6.07, 6.45) is 0. The molecule has 1 aromatic heterocycles. The van der Waals surface area contributed by atoms with E-state index in [0.717, 1.165) is 27.8 Å². The summed E-state index contributed by atoms with van der Waals surface area (Å²) in [5.74, 6) is 1.03. The van der Waals surface area contributed by atoms with Crippen LogP contribution in [-0.4, -0.2) is 16.2 Å². The molecule has 1 unspecified atom stereocenters. The molecule has 0 fully saturated rings. The smallest absolute Gasteiger partial charge is 0.157 e. The quantitative estimate of drug-likeness (QED) is 0.138. The highest BCUT2D eigenvalue weighted by molar-refractivity contribution is 6.13. The number of nitrogens with zero attached hydrogens (tertiary/aromatic N) is 3. The van der Waals surface area contributed by atoms with E-state index in [0.29, 0.717) is 18.2 Å². The van der Waals surface area contributed by atoms with Crippen molar-refractivity contribution in [2.45, 2.75) is 12.0 Å². The third kappa shape index (κ3) is 4.98. The third-order valence-electron chi connectivity index (χ3n) is 12.7. The normalized spacial score (nSPS) is 15.4. The van der Waals surface area contributed by atoms with Crippen molar-refractivity contribution in [3.05, 3.63) is 245 Å². The Morgan fingerprint density at radius 3 is 1.95 bits per heavy atom. The van der Waals surface area contributed by atoms with Crippen LogP contribution in [-0.2, 0) is 12.0 Å². The molecule has 2 aliphatic rings. The fourth-order valence-corrected chi connectivity index (χ4v) is 10.1. The van der Waals surface area contributed by atoms with E-state index in [1.807, 2.05) is 60.7 Å². The zero-order chi connectivity index (χ0) is 39.8. The summed E-state index contributed by atoms with van der Waals surface area (Å²) in [7, 11) is 0. The fourth-order valence-electron chi connectivity index (χ4n) is 10.1. The summed E-state index contributed by atoms with van der Waals surface area (Å²) in [5, 5.41) is 4.91. The predicted molar refractivity (Wildman–Crippen MR) is 248 cm³/mol. The van der Waals surface area contributed by atoms with E-state index in [9.17, 15) is 0 Å². The second kappa shape index (κ2) is 13.4. The van der Waals surface area contributed by atoms with Crippen LogP contribution >= 0.6 is 0 Å². The van der Waals surface area contributed by atoms with Gasteiger partial charge in [-0.15, -0.1) is 0 Å². The van der Waals surface area contributed by atoms with Crippen LogP contribution < -0.4 is 5.73 Å². The lowest BCUT2D eigenvalue weighted by atomic mass is 9.65. The third-order valence-corrected chi connectivity index (χ3v) is 12.7. The molecule has 0 saturated carbocycles. The Balaban J connectivity index is 1.10. The monoisotopic (exact) mass is 766 g/mol. The van der Waals surface area contributed by atoms with Crippen molar-refractivity contribution in [1.29, 1.82) is 0 Å². The van der Waals surface area contributed by atoms with Crippen molar-refractivity contribution in [2.24, 2.45) is 15.7 Å². The van der Waals surface area contributed by atoms with Crippen molar-refractivity contribution in [1.82, 2.24) is 4.57 Å². The number of benzene rings is 9. The Morgan fingerprint density at radius 1 is 0.483 bits per heavy atom. The number of para-hydroxylation sites is 3. The van der Waals surface area contributed by atoms with E-state index in [4.69, 9.17) is 15.7 Å². The molecule has 60 heavy (non-hydrogen) atoms. The van der Waals surface area contributed by atoms with Gasteiger partial charge in [-0.1, -0.05) is 176 Å². The molecule has 282 valence electrons. The number of amidine groups is 2. The van der Waals surface area contributed by atoms with Crippen LogP contribution in [0.3, 0.4) is 0 Å². The van der Waals surface area contributed by atoms with E-state index < -0.39 is 5.41 Å². The van der Waals surface area contributed by atoms with E-state index in [1.165, 1.54) is 71.6 Å². The lowest BCUT2D eigenvalue weighted by Gasteiger charge is -2.39. The van der Waals surface area contributed by atoms with Crippen LogP contribution in [0.25, 0.3) is 60.5 Å². The molecule has 9 aromatic carbocycles. The Bertz CT molecular complexity index is 3410. The highest BCUT2D eigenvalue weighted by Crippen LogP contribution is 2.61. The predicted octanol–water partition coefficient (Wildman–Crippen LogP) is 12.6. The van der Waals surface area contributed by atoms with E-state index in [2.05, 4.69) is 150 Å². The first-order valence-corrected chi connectivity index (χ1v) is 20.6. The van der Waals surface area contributed by atoms with Gasteiger partial charge in [0.25, 0.3) is 0 Å². The SMILES string of the molecule is N/C(=N\C(=N/Cc1cc2ccccc2cc1-c1ccc2c(c1)C1(c3ccccc3-2)c2ccccc2-n2c3ccccc3c3cccc1c32)c1ccccc1)c1ccccc1. The Hall–Kier alpha value is -7.82. The van der Waals surface area contributed by atoms with Gasteiger partial charge in [-0.3, -0.25) is 4.99 Å². The van der Waals surface area contributed by atoms with Crippen molar-refractivity contribution in [3.63, 3.8) is 0 Å². The van der Waals surface area contributed by atoms with Crippen LogP contribution in [0.1, 0.15) is 38.9 Å². The number of hydrogen-bond acceptors (Lipinski definition) is 1. The zero-order valence-corrected chi connectivity index (χ0v) is 32.8. The van der Waals surface area contributed by atoms with Gasteiger partial charge < -0.3 is 10.3 Å². The molecule has 0 radical (unpaired) electrons. The van der Waals surface area contributed by atoms with Gasteiger partial charge in [-0.25, -0.2) is 4.99 Å². The molecule has 0 bridgehead atoms. The highest BCUT2D eigenvalue weighted by atomic mass is 15.0. The number of fused-ring (bicyclic) bond motifs is 13.